The number of hydrogen-bond donors (Lipinski definition) is 0. The van der Waals surface area contributed by atoms with Gasteiger partial charge in [0, 0.05) is 0 Å². The van der Waals surface area contributed by atoms with Crippen molar-refractivity contribution in [3.05, 3.63) is 242 Å². The van der Waals surface area contributed by atoms with Gasteiger partial charge in [-0.3, -0.25) is 0 Å². The lowest BCUT2D eigenvalue weighted by molar-refractivity contribution is 0.372. The molecule has 27 heteroatoms. The molecule has 0 heterocycles. The van der Waals surface area contributed by atoms with Gasteiger partial charge in [-0.15, -0.1) is 21.9 Å². The van der Waals surface area contributed by atoms with E-state index in [1.54, 1.807) is 36.4 Å². The lowest BCUT2D eigenvalue weighted by atomic mass is 9.12. The van der Waals surface area contributed by atoms with Crippen molar-refractivity contribution in [1.29, 1.82) is 0 Å². The Bertz CT molecular complexity index is 3110. The minimum absolute atomic E-state index is 0.350. The smallest absolute Gasteiger partial charge is 0.200 e. The molecule has 0 unspecified atom stereocenters. The predicted octanol–water partition coefficient (Wildman–Crippen LogP) is 11.7. The Kier molecular flexibility index (Phi) is 15.5. The molecule has 0 saturated heterocycles. The average molecular weight is 1120 g/mol. The van der Waals surface area contributed by atoms with E-state index in [1.165, 1.54) is 0 Å². The van der Waals surface area contributed by atoms with E-state index in [2.05, 4.69) is 0 Å². The van der Waals surface area contributed by atoms with Gasteiger partial charge in [-0.25, -0.2) is 110 Å². The van der Waals surface area contributed by atoms with Crippen molar-refractivity contribution in [1.82, 2.24) is 0 Å². The molecule has 8 aromatic carbocycles. The van der Waals surface area contributed by atoms with Crippen LogP contribution in [0.25, 0.3) is 0 Å². The Morgan fingerprint density at radius 2 is 0.368 bits per heavy atom. The molecule has 0 N–H and O–H groups in total. The molecule has 0 aliphatic heterocycles. The van der Waals surface area contributed by atoms with Crippen molar-refractivity contribution in [3.8, 4) is 0 Å². The summed E-state index contributed by atoms with van der Waals surface area (Å²) in [5.74, 6) is -81.0. The molecular weight excluding hydrogens is 1110 g/mol. The van der Waals surface area contributed by atoms with Gasteiger partial charge in [0.15, 0.2) is 93.1 Å². The highest BCUT2D eigenvalue weighted by Crippen LogP contribution is 2.59. The van der Waals surface area contributed by atoms with Gasteiger partial charge < -0.3 is 0 Å². The van der Waals surface area contributed by atoms with Crippen LogP contribution in [0.5, 0.6) is 0 Å². The lowest BCUT2D eigenvalue weighted by Gasteiger charge is -2.44. The number of rotatable bonds is 9. The van der Waals surface area contributed by atoms with Crippen molar-refractivity contribution in [3.63, 3.8) is 0 Å². The summed E-state index contributed by atoms with van der Waals surface area (Å²) < 4.78 is 365. The minimum Gasteiger partial charge on any atom is -0.207 e. The second-order valence-electron chi connectivity index (χ2n) is 15.8. The van der Waals surface area contributed by atoms with E-state index in [1.807, 2.05) is 54.6 Å². The zero-order chi connectivity index (χ0) is 56.4. The van der Waals surface area contributed by atoms with Gasteiger partial charge in [0.05, 0.1) is 5.56 Å². The molecule has 0 aliphatic carbocycles. The van der Waals surface area contributed by atoms with E-state index in [0.29, 0.717) is 0 Å². The van der Waals surface area contributed by atoms with Gasteiger partial charge in [-0.2, -0.15) is 0 Å². The van der Waals surface area contributed by atoms with Crippen LogP contribution in [0.3, 0.4) is 0 Å². The van der Waals surface area contributed by atoms with E-state index < -0.39 is 186 Å². The molecule has 0 nitrogen and oxygen atoms in total. The third kappa shape index (κ3) is 8.47. The first-order valence-electron chi connectivity index (χ1n) is 20.5. The van der Waals surface area contributed by atoms with E-state index >= 15 is 35.1 Å². The maximum atomic E-state index is 15.4. The van der Waals surface area contributed by atoms with Crippen molar-refractivity contribution in [2.75, 3.05) is 0 Å². The topological polar surface area (TPSA) is 0 Å². The lowest BCUT2D eigenvalue weighted by Crippen LogP contribution is -2.81. The van der Waals surface area contributed by atoms with Crippen LogP contribution < -0.4 is 37.8 Å². The van der Waals surface area contributed by atoms with Crippen molar-refractivity contribution < 1.29 is 110 Å². The van der Waals surface area contributed by atoms with Crippen LogP contribution in [0.15, 0.2) is 91.0 Å². The monoisotopic (exact) mass is 1120 g/mol. The highest BCUT2D eigenvalue weighted by Gasteiger charge is 2.53. The minimum atomic E-state index is -7.22. The fourth-order valence-electron chi connectivity index (χ4n) is 8.67. The summed E-state index contributed by atoms with van der Waals surface area (Å²) in [6.45, 7) is 0. The van der Waals surface area contributed by atoms with Crippen molar-refractivity contribution in [2.45, 2.75) is 6.16 Å². The summed E-state index contributed by atoms with van der Waals surface area (Å²) in [5, 5.41) is 2.32. The molecule has 396 valence electrons. The molecule has 0 atom stereocenters. The third-order valence-corrected chi connectivity index (χ3v) is 16.3. The van der Waals surface area contributed by atoms with E-state index in [-0.39, 0.29) is 6.16 Å². The quantitative estimate of drug-likeness (QED) is 0.0444. The standard InChI is InChI=1S/C25H17F5P.C24BF20/c26-21-20(22(27)24(29)25(30)23(21)28)16-31(17-10-4-1-5-11-17,18-12-6-2-7-13-18)19-14-8-3-9-15-19;26-5-1(6(27)14(35)21(42)13(5)34)25(2-7(28)15(36)22(43)16(37)8(2)29,3-9(30)17(38)23(44)18(39)10(3)31)4-11(32)19(40)24(45)20(41)12(4)33/h1-15H,16H2;/q+1;-1. The first-order chi connectivity index (χ1) is 35.7. The maximum absolute atomic E-state index is 15.4. The molecule has 0 bridgehead atoms. The fraction of sp³-hybridized carbons (Fsp3) is 0.0204. The Hall–Kier alpha value is -7.50. The van der Waals surface area contributed by atoms with Crippen molar-refractivity contribution >= 4 is 51.2 Å². The van der Waals surface area contributed by atoms with Gasteiger partial charge in [0.2, 0.25) is 5.82 Å². The van der Waals surface area contributed by atoms with Gasteiger partial charge >= 0.3 is 0 Å². The second-order valence-corrected chi connectivity index (χ2v) is 19.3. The van der Waals surface area contributed by atoms with Crippen LogP contribution in [0, 0.1) is 145 Å². The van der Waals surface area contributed by atoms with Crippen molar-refractivity contribution in [2.24, 2.45) is 0 Å². The summed E-state index contributed by atoms with van der Waals surface area (Å²) in [6.07, 6.45) is -7.57. The second kappa shape index (κ2) is 20.9. The molecular formula is C49H17BF25P. The zero-order valence-corrected chi connectivity index (χ0v) is 37.2. The van der Waals surface area contributed by atoms with E-state index in [4.69, 9.17) is 0 Å². The first-order valence-corrected chi connectivity index (χ1v) is 22.4. The highest BCUT2D eigenvalue weighted by molar-refractivity contribution is 7.95. The molecule has 0 saturated carbocycles. The first kappa shape index (κ1) is 56.2. The van der Waals surface area contributed by atoms with Gasteiger partial charge in [0.1, 0.15) is 82.0 Å². The molecule has 8 rings (SSSR count). The fourth-order valence-corrected chi connectivity index (χ4v) is 12.9. The summed E-state index contributed by atoms with van der Waals surface area (Å²) >= 11 is 0. The van der Waals surface area contributed by atoms with E-state index in [9.17, 15) is 74.6 Å². The summed E-state index contributed by atoms with van der Waals surface area (Å²) in [7, 11) is -2.82. The summed E-state index contributed by atoms with van der Waals surface area (Å²) in [4.78, 5) is 0. The zero-order valence-electron chi connectivity index (χ0n) is 36.3. The predicted molar refractivity (Wildman–Crippen MR) is 224 cm³/mol. The average Bonchev–Trinajstić information content (AvgIpc) is 3.42. The normalized spacial score (nSPS) is 11.8. The number of benzene rings is 8. The Balaban J connectivity index is 0.000000236. The van der Waals surface area contributed by atoms with Gasteiger partial charge in [-0.1, -0.05) is 54.6 Å². The SMILES string of the molecule is Fc1c(F)c(F)c(C[P+](c2ccccc2)(c2ccccc2)c2ccccc2)c(F)c1F.Fc1c(F)c(F)c([B-](c2c(F)c(F)c(F)c(F)c2F)(c2c(F)c(F)c(F)c(F)c2F)c2c(F)c(F)c(F)c(F)c2F)c(F)c1F. The molecule has 0 radical (unpaired) electrons. The van der Waals surface area contributed by atoms with Gasteiger partial charge in [-0.05, 0) is 36.4 Å². The molecule has 0 spiro atoms. The van der Waals surface area contributed by atoms with Crippen LogP contribution in [0.1, 0.15) is 5.56 Å². The van der Waals surface area contributed by atoms with Gasteiger partial charge in [0.25, 0.3) is 0 Å². The highest BCUT2D eigenvalue weighted by atomic mass is 31.2. The Morgan fingerprint density at radius 3 is 0.553 bits per heavy atom. The largest absolute Gasteiger partial charge is 0.207 e. The number of hydrogen-bond acceptors (Lipinski definition) is 0. The third-order valence-electron chi connectivity index (χ3n) is 12.0. The Morgan fingerprint density at radius 1 is 0.211 bits per heavy atom. The molecule has 8 aromatic rings. The van der Waals surface area contributed by atoms with Crippen LogP contribution in [-0.4, -0.2) is 6.15 Å². The van der Waals surface area contributed by atoms with Crippen LogP contribution in [0.2, 0.25) is 0 Å². The Labute approximate surface area is 408 Å². The number of halogens is 25. The summed E-state index contributed by atoms with van der Waals surface area (Å²) in [6, 6.07) is 27.2. The van der Waals surface area contributed by atoms with E-state index in [0.717, 1.165) is 15.9 Å². The van der Waals surface area contributed by atoms with Crippen LogP contribution >= 0.6 is 7.26 Å². The molecule has 76 heavy (non-hydrogen) atoms. The molecule has 0 aliphatic rings. The molecule has 0 aromatic heterocycles. The van der Waals surface area contributed by atoms with Crippen LogP contribution in [-0.2, 0) is 6.16 Å². The maximum Gasteiger partial charge on any atom is 0.200 e. The molecule has 0 amide bonds. The summed E-state index contributed by atoms with van der Waals surface area (Å²) in [5.41, 5.74) is -15.1. The van der Waals surface area contributed by atoms with Crippen LogP contribution in [0.4, 0.5) is 110 Å². The molecule has 0 fully saturated rings.